The molecule has 0 aromatic carbocycles. The van der Waals surface area contributed by atoms with Gasteiger partial charge in [-0.3, -0.25) is 9.88 Å². The van der Waals surface area contributed by atoms with Crippen LogP contribution in [0.1, 0.15) is 38.4 Å². The van der Waals surface area contributed by atoms with Gasteiger partial charge in [0.2, 0.25) is 0 Å². The van der Waals surface area contributed by atoms with Crippen LogP contribution in [0.25, 0.3) is 0 Å². The Labute approximate surface area is 117 Å². The summed E-state index contributed by atoms with van der Waals surface area (Å²) in [6.45, 7) is 11.2. The SMILES string of the molecule is CCc1cccnc1CN1CCC(CNC(C)C)C1. The van der Waals surface area contributed by atoms with E-state index in [1.807, 2.05) is 12.3 Å². The highest BCUT2D eigenvalue weighted by molar-refractivity contribution is 5.19. The van der Waals surface area contributed by atoms with Crippen molar-refractivity contribution >= 4 is 0 Å². The first-order valence-corrected chi connectivity index (χ1v) is 7.57. The van der Waals surface area contributed by atoms with E-state index in [-0.39, 0.29) is 0 Å². The van der Waals surface area contributed by atoms with E-state index in [0.29, 0.717) is 6.04 Å². The van der Waals surface area contributed by atoms with Gasteiger partial charge in [-0.25, -0.2) is 0 Å². The predicted octanol–water partition coefficient (Wildman–Crippen LogP) is 2.46. The van der Waals surface area contributed by atoms with Crippen molar-refractivity contribution in [2.45, 2.75) is 46.2 Å². The number of aryl methyl sites for hydroxylation is 1. The summed E-state index contributed by atoms with van der Waals surface area (Å²) >= 11 is 0. The third-order valence-electron chi connectivity index (χ3n) is 3.92. The van der Waals surface area contributed by atoms with Crippen molar-refractivity contribution in [3.05, 3.63) is 29.6 Å². The van der Waals surface area contributed by atoms with Gasteiger partial charge < -0.3 is 5.32 Å². The Balaban J connectivity index is 1.84. The summed E-state index contributed by atoms with van der Waals surface area (Å²) in [7, 11) is 0. The van der Waals surface area contributed by atoms with Crippen LogP contribution in [-0.2, 0) is 13.0 Å². The molecule has 0 amide bonds. The Hall–Kier alpha value is -0.930. The fraction of sp³-hybridized carbons (Fsp3) is 0.688. The first-order valence-electron chi connectivity index (χ1n) is 7.57. The van der Waals surface area contributed by atoms with E-state index in [4.69, 9.17) is 0 Å². The lowest BCUT2D eigenvalue weighted by Crippen LogP contribution is -2.30. The Morgan fingerprint density at radius 1 is 1.47 bits per heavy atom. The molecule has 2 heterocycles. The summed E-state index contributed by atoms with van der Waals surface area (Å²) in [4.78, 5) is 7.10. The van der Waals surface area contributed by atoms with Gasteiger partial charge in [0.1, 0.15) is 0 Å². The quantitative estimate of drug-likeness (QED) is 0.852. The fourth-order valence-electron chi connectivity index (χ4n) is 2.77. The number of hydrogen-bond acceptors (Lipinski definition) is 3. The normalized spacial score (nSPS) is 20.3. The van der Waals surface area contributed by atoms with Crippen molar-refractivity contribution in [3.63, 3.8) is 0 Å². The van der Waals surface area contributed by atoms with Gasteiger partial charge in [0.15, 0.2) is 0 Å². The smallest absolute Gasteiger partial charge is 0.0575 e. The molecule has 1 fully saturated rings. The van der Waals surface area contributed by atoms with Crippen molar-refractivity contribution in [2.24, 2.45) is 5.92 Å². The predicted molar refractivity (Wildman–Crippen MR) is 80.1 cm³/mol. The van der Waals surface area contributed by atoms with Gasteiger partial charge in [-0.05, 0) is 43.5 Å². The molecule has 0 radical (unpaired) electrons. The zero-order valence-corrected chi connectivity index (χ0v) is 12.5. The van der Waals surface area contributed by atoms with Gasteiger partial charge in [0.25, 0.3) is 0 Å². The number of hydrogen-bond donors (Lipinski definition) is 1. The lowest BCUT2D eigenvalue weighted by molar-refractivity contribution is 0.308. The average molecular weight is 261 g/mol. The summed E-state index contributed by atoms with van der Waals surface area (Å²) in [6.07, 6.45) is 4.31. The molecule has 3 nitrogen and oxygen atoms in total. The molecule has 3 heteroatoms. The standard InChI is InChI=1S/C16H27N3/c1-4-15-6-5-8-17-16(15)12-19-9-7-14(11-19)10-18-13(2)3/h5-6,8,13-14,18H,4,7,9-12H2,1-3H3. The Morgan fingerprint density at radius 3 is 3.05 bits per heavy atom. The van der Waals surface area contributed by atoms with E-state index < -0.39 is 0 Å². The van der Waals surface area contributed by atoms with E-state index >= 15 is 0 Å². The van der Waals surface area contributed by atoms with Gasteiger partial charge in [-0.15, -0.1) is 0 Å². The maximum Gasteiger partial charge on any atom is 0.0575 e. The highest BCUT2D eigenvalue weighted by atomic mass is 15.2. The Morgan fingerprint density at radius 2 is 2.32 bits per heavy atom. The molecule has 1 aromatic heterocycles. The van der Waals surface area contributed by atoms with Crippen molar-refractivity contribution in [3.8, 4) is 0 Å². The topological polar surface area (TPSA) is 28.2 Å². The van der Waals surface area contributed by atoms with E-state index in [1.54, 1.807) is 0 Å². The first kappa shape index (κ1) is 14.5. The summed E-state index contributed by atoms with van der Waals surface area (Å²) in [6, 6.07) is 4.84. The van der Waals surface area contributed by atoms with E-state index in [2.05, 4.69) is 42.0 Å². The Kier molecular flexibility index (Phi) is 5.34. The molecule has 1 aromatic rings. The molecule has 0 aliphatic carbocycles. The van der Waals surface area contributed by atoms with Crippen molar-refractivity contribution in [1.29, 1.82) is 0 Å². The fourth-order valence-corrected chi connectivity index (χ4v) is 2.77. The summed E-state index contributed by atoms with van der Waals surface area (Å²) in [5.74, 6) is 0.802. The van der Waals surface area contributed by atoms with Crippen LogP contribution in [0.5, 0.6) is 0 Å². The van der Waals surface area contributed by atoms with Crippen LogP contribution in [0, 0.1) is 5.92 Å². The molecule has 19 heavy (non-hydrogen) atoms. The molecule has 1 N–H and O–H groups in total. The monoisotopic (exact) mass is 261 g/mol. The third kappa shape index (κ3) is 4.29. The minimum absolute atomic E-state index is 0.594. The van der Waals surface area contributed by atoms with Crippen molar-refractivity contribution in [2.75, 3.05) is 19.6 Å². The van der Waals surface area contributed by atoms with Gasteiger partial charge in [-0.1, -0.05) is 26.8 Å². The van der Waals surface area contributed by atoms with Crippen LogP contribution in [-0.4, -0.2) is 35.6 Å². The molecule has 2 rings (SSSR count). The van der Waals surface area contributed by atoms with E-state index in [9.17, 15) is 0 Å². The molecule has 0 saturated carbocycles. The lowest BCUT2D eigenvalue weighted by Gasteiger charge is -2.18. The zero-order chi connectivity index (χ0) is 13.7. The highest BCUT2D eigenvalue weighted by Crippen LogP contribution is 2.19. The average Bonchev–Trinajstić information content (AvgIpc) is 2.85. The van der Waals surface area contributed by atoms with Gasteiger partial charge in [0, 0.05) is 25.3 Å². The third-order valence-corrected chi connectivity index (χ3v) is 3.92. The molecule has 1 aliphatic heterocycles. The summed E-state index contributed by atoms with van der Waals surface area (Å²) in [5.41, 5.74) is 2.66. The first-order chi connectivity index (χ1) is 9.19. The van der Waals surface area contributed by atoms with Gasteiger partial charge >= 0.3 is 0 Å². The van der Waals surface area contributed by atoms with Crippen LogP contribution in [0.15, 0.2) is 18.3 Å². The largest absolute Gasteiger partial charge is 0.314 e. The zero-order valence-electron chi connectivity index (χ0n) is 12.5. The van der Waals surface area contributed by atoms with Gasteiger partial charge in [0.05, 0.1) is 5.69 Å². The van der Waals surface area contributed by atoms with Crippen LogP contribution in [0.2, 0.25) is 0 Å². The minimum atomic E-state index is 0.594. The maximum absolute atomic E-state index is 4.55. The molecule has 1 saturated heterocycles. The van der Waals surface area contributed by atoms with E-state index in [1.165, 1.54) is 30.8 Å². The number of nitrogens with zero attached hydrogens (tertiary/aromatic N) is 2. The molecule has 1 atom stereocenters. The lowest BCUT2D eigenvalue weighted by atomic mass is 10.1. The highest BCUT2D eigenvalue weighted by Gasteiger charge is 2.23. The minimum Gasteiger partial charge on any atom is -0.314 e. The molecule has 0 spiro atoms. The second-order valence-corrected chi connectivity index (χ2v) is 5.92. The molecule has 1 unspecified atom stereocenters. The van der Waals surface area contributed by atoms with Crippen LogP contribution in [0.4, 0.5) is 0 Å². The molecular formula is C16H27N3. The Bertz CT molecular complexity index is 389. The van der Waals surface area contributed by atoms with Crippen LogP contribution < -0.4 is 5.32 Å². The number of pyridine rings is 1. The number of nitrogens with one attached hydrogen (secondary N) is 1. The summed E-state index contributed by atoms with van der Waals surface area (Å²) in [5, 5.41) is 3.55. The number of likely N-dealkylation sites (tertiary alicyclic amines) is 1. The molecule has 0 bridgehead atoms. The number of rotatable bonds is 6. The van der Waals surface area contributed by atoms with Crippen molar-refractivity contribution in [1.82, 2.24) is 15.2 Å². The van der Waals surface area contributed by atoms with E-state index in [0.717, 1.165) is 25.4 Å². The summed E-state index contributed by atoms with van der Waals surface area (Å²) < 4.78 is 0. The molecular weight excluding hydrogens is 234 g/mol. The van der Waals surface area contributed by atoms with Gasteiger partial charge in [-0.2, -0.15) is 0 Å². The maximum atomic E-state index is 4.55. The number of aromatic nitrogens is 1. The second-order valence-electron chi connectivity index (χ2n) is 5.92. The molecule has 1 aliphatic rings. The van der Waals surface area contributed by atoms with Crippen molar-refractivity contribution < 1.29 is 0 Å². The van der Waals surface area contributed by atoms with Crippen LogP contribution in [0.3, 0.4) is 0 Å². The molecule has 106 valence electrons. The second kappa shape index (κ2) is 7.01. The van der Waals surface area contributed by atoms with Crippen LogP contribution >= 0.6 is 0 Å².